The van der Waals surface area contributed by atoms with Crippen LogP contribution in [0.25, 0.3) is 10.2 Å². The minimum absolute atomic E-state index is 0.949. The molecule has 19 heavy (non-hydrogen) atoms. The Labute approximate surface area is 117 Å². The lowest BCUT2D eigenvalue weighted by Gasteiger charge is -2.03. The van der Waals surface area contributed by atoms with Gasteiger partial charge in [0.25, 0.3) is 0 Å². The lowest BCUT2D eigenvalue weighted by Crippen LogP contribution is -1.89. The largest absolute Gasteiger partial charge is 0.332 e. The Morgan fingerprint density at radius 2 is 1.89 bits per heavy atom. The number of nitrogens with zero attached hydrogens (tertiary/aromatic N) is 1. The minimum Gasteiger partial charge on any atom is -0.332 e. The number of aromatic nitrogens is 1. The normalized spacial score (nSPS) is 10.8. The molecule has 0 aliphatic rings. The summed E-state index contributed by atoms with van der Waals surface area (Å²) in [6.07, 6.45) is 1.07. The second-order valence-electron chi connectivity index (χ2n) is 4.67. The molecule has 0 unspecified atom stereocenters. The predicted octanol–water partition coefficient (Wildman–Crippen LogP) is 4.91. The molecular formula is C16H16N2S. The standard InChI is InChI=1S/C16H16N2S/c1-3-12-5-7-13(8-6-12)17-16-18-14-9-4-11(2)10-15(14)19-16/h4-10H,3H2,1-2H3,(H,17,18). The van der Waals surface area contributed by atoms with E-state index in [2.05, 4.69) is 66.6 Å². The Hall–Kier alpha value is -1.87. The average Bonchev–Trinajstić information content (AvgIpc) is 2.81. The predicted molar refractivity (Wildman–Crippen MR) is 83.5 cm³/mol. The van der Waals surface area contributed by atoms with Crippen molar-refractivity contribution in [3.63, 3.8) is 0 Å². The van der Waals surface area contributed by atoms with Gasteiger partial charge in [0.15, 0.2) is 5.13 Å². The van der Waals surface area contributed by atoms with Crippen LogP contribution in [0.1, 0.15) is 18.1 Å². The van der Waals surface area contributed by atoms with Gasteiger partial charge in [-0.3, -0.25) is 0 Å². The zero-order chi connectivity index (χ0) is 13.2. The number of hydrogen-bond donors (Lipinski definition) is 1. The van der Waals surface area contributed by atoms with E-state index in [1.54, 1.807) is 11.3 Å². The summed E-state index contributed by atoms with van der Waals surface area (Å²) < 4.78 is 1.23. The summed E-state index contributed by atoms with van der Waals surface area (Å²) in [6.45, 7) is 4.27. The van der Waals surface area contributed by atoms with Crippen LogP contribution in [0.15, 0.2) is 42.5 Å². The van der Waals surface area contributed by atoms with E-state index in [9.17, 15) is 0 Å². The zero-order valence-electron chi connectivity index (χ0n) is 11.1. The number of benzene rings is 2. The molecule has 2 nitrogen and oxygen atoms in total. The van der Waals surface area contributed by atoms with E-state index in [0.717, 1.165) is 22.8 Å². The van der Waals surface area contributed by atoms with Crippen molar-refractivity contribution in [3.8, 4) is 0 Å². The molecule has 1 heterocycles. The van der Waals surface area contributed by atoms with E-state index in [-0.39, 0.29) is 0 Å². The Balaban J connectivity index is 1.87. The summed E-state index contributed by atoms with van der Waals surface area (Å²) >= 11 is 1.69. The van der Waals surface area contributed by atoms with E-state index in [1.807, 2.05) is 0 Å². The highest BCUT2D eigenvalue weighted by atomic mass is 32.1. The van der Waals surface area contributed by atoms with Crippen molar-refractivity contribution in [2.45, 2.75) is 20.3 Å². The van der Waals surface area contributed by atoms with Crippen molar-refractivity contribution in [2.24, 2.45) is 0 Å². The smallest absolute Gasteiger partial charge is 0.188 e. The van der Waals surface area contributed by atoms with Gasteiger partial charge in [-0.05, 0) is 48.7 Å². The van der Waals surface area contributed by atoms with Gasteiger partial charge in [-0.1, -0.05) is 36.5 Å². The topological polar surface area (TPSA) is 24.9 Å². The van der Waals surface area contributed by atoms with Gasteiger partial charge in [-0.15, -0.1) is 0 Å². The van der Waals surface area contributed by atoms with Crippen LogP contribution in [0.5, 0.6) is 0 Å². The molecule has 0 amide bonds. The molecule has 0 aliphatic heterocycles. The monoisotopic (exact) mass is 268 g/mol. The van der Waals surface area contributed by atoms with Crippen LogP contribution in [0.3, 0.4) is 0 Å². The number of thiazole rings is 1. The summed E-state index contributed by atoms with van der Waals surface area (Å²) in [5, 5.41) is 4.32. The maximum atomic E-state index is 4.60. The van der Waals surface area contributed by atoms with Crippen LogP contribution in [0.2, 0.25) is 0 Å². The molecule has 0 aliphatic carbocycles. The van der Waals surface area contributed by atoms with E-state index in [1.165, 1.54) is 15.8 Å². The molecule has 0 spiro atoms. The van der Waals surface area contributed by atoms with Gasteiger partial charge >= 0.3 is 0 Å². The number of anilines is 2. The molecule has 0 saturated carbocycles. The fraction of sp³-hybridized carbons (Fsp3) is 0.188. The van der Waals surface area contributed by atoms with Gasteiger partial charge in [0.2, 0.25) is 0 Å². The Bertz CT molecular complexity index is 698. The van der Waals surface area contributed by atoms with Gasteiger partial charge in [-0.25, -0.2) is 4.98 Å². The molecule has 3 aromatic rings. The van der Waals surface area contributed by atoms with E-state index in [4.69, 9.17) is 0 Å². The summed E-state index contributed by atoms with van der Waals surface area (Å²) in [6, 6.07) is 14.9. The fourth-order valence-electron chi connectivity index (χ4n) is 2.03. The van der Waals surface area contributed by atoms with Crippen LogP contribution < -0.4 is 5.32 Å². The lowest BCUT2D eigenvalue weighted by molar-refractivity contribution is 1.14. The molecule has 0 atom stereocenters. The van der Waals surface area contributed by atoms with Crippen molar-refractivity contribution in [1.29, 1.82) is 0 Å². The second kappa shape index (κ2) is 5.02. The number of rotatable bonds is 3. The Morgan fingerprint density at radius 1 is 1.11 bits per heavy atom. The van der Waals surface area contributed by atoms with E-state index in [0.29, 0.717) is 0 Å². The number of hydrogen-bond acceptors (Lipinski definition) is 3. The molecule has 96 valence electrons. The number of nitrogens with one attached hydrogen (secondary N) is 1. The quantitative estimate of drug-likeness (QED) is 0.730. The number of aryl methyl sites for hydroxylation is 2. The minimum atomic E-state index is 0.949. The van der Waals surface area contributed by atoms with Crippen molar-refractivity contribution in [3.05, 3.63) is 53.6 Å². The van der Waals surface area contributed by atoms with Gasteiger partial charge in [0.1, 0.15) is 0 Å². The van der Waals surface area contributed by atoms with Crippen molar-refractivity contribution in [2.75, 3.05) is 5.32 Å². The Kier molecular flexibility index (Phi) is 3.22. The van der Waals surface area contributed by atoms with Gasteiger partial charge in [0.05, 0.1) is 10.2 Å². The van der Waals surface area contributed by atoms with Crippen LogP contribution >= 0.6 is 11.3 Å². The molecule has 1 N–H and O–H groups in total. The average molecular weight is 268 g/mol. The third-order valence-electron chi connectivity index (χ3n) is 3.16. The van der Waals surface area contributed by atoms with Crippen molar-refractivity contribution >= 4 is 32.4 Å². The highest BCUT2D eigenvalue weighted by Crippen LogP contribution is 2.28. The van der Waals surface area contributed by atoms with Crippen LogP contribution in [0.4, 0.5) is 10.8 Å². The first-order valence-electron chi connectivity index (χ1n) is 6.48. The first-order chi connectivity index (χ1) is 9.24. The first kappa shape index (κ1) is 12.2. The van der Waals surface area contributed by atoms with Crippen molar-refractivity contribution in [1.82, 2.24) is 4.98 Å². The van der Waals surface area contributed by atoms with E-state index < -0.39 is 0 Å². The maximum Gasteiger partial charge on any atom is 0.188 e. The van der Waals surface area contributed by atoms with Crippen LogP contribution in [-0.2, 0) is 6.42 Å². The maximum absolute atomic E-state index is 4.60. The lowest BCUT2D eigenvalue weighted by atomic mass is 10.1. The van der Waals surface area contributed by atoms with Crippen molar-refractivity contribution < 1.29 is 0 Å². The first-order valence-corrected chi connectivity index (χ1v) is 7.29. The molecule has 0 fully saturated rings. The number of fused-ring (bicyclic) bond motifs is 1. The summed E-state index contributed by atoms with van der Waals surface area (Å²) in [4.78, 5) is 4.60. The molecule has 2 aromatic carbocycles. The highest BCUT2D eigenvalue weighted by Gasteiger charge is 2.04. The molecule has 1 aromatic heterocycles. The van der Waals surface area contributed by atoms with Crippen LogP contribution in [0, 0.1) is 6.92 Å². The molecular weight excluding hydrogens is 252 g/mol. The van der Waals surface area contributed by atoms with Crippen LogP contribution in [-0.4, -0.2) is 4.98 Å². The fourth-order valence-corrected chi connectivity index (χ4v) is 3.02. The Morgan fingerprint density at radius 3 is 2.63 bits per heavy atom. The zero-order valence-corrected chi connectivity index (χ0v) is 11.9. The molecule has 3 heteroatoms. The van der Waals surface area contributed by atoms with Gasteiger partial charge in [-0.2, -0.15) is 0 Å². The van der Waals surface area contributed by atoms with E-state index >= 15 is 0 Å². The highest BCUT2D eigenvalue weighted by molar-refractivity contribution is 7.22. The molecule has 0 radical (unpaired) electrons. The summed E-state index contributed by atoms with van der Waals surface area (Å²) in [7, 11) is 0. The molecule has 0 bridgehead atoms. The SMILES string of the molecule is CCc1ccc(Nc2nc3ccc(C)cc3s2)cc1. The van der Waals surface area contributed by atoms with Gasteiger partial charge in [0, 0.05) is 5.69 Å². The molecule has 3 rings (SSSR count). The summed E-state index contributed by atoms with van der Waals surface area (Å²) in [5.74, 6) is 0. The third kappa shape index (κ3) is 2.61. The summed E-state index contributed by atoms with van der Waals surface area (Å²) in [5.41, 5.74) is 4.77. The second-order valence-corrected chi connectivity index (χ2v) is 5.70. The third-order valence-corrected chi connectivity index (χ3v) is 4.09. The van der Waals surface area contributed by atoms with Gasteiger partial charge < -0.3 is 5.32 Å². The molecule has 0 saturated heterocycles.